The molecular weight excluding hydrogens is 322 g/mol. The van der Waals surface area contributed by atoms with E-state index in [0.717, 1.165) is 24.7 Å². The minimum absolute atomic E-state index is 0.179. The van der Waals surface area contributed by atoms with Gasteiger partial charge in [0.2, 0.25) is 5.91 Å². The fourth-order valence-electron chi connectivity index (χ4n) is 4.55. The van der Waals surface area contributed by atoms with Gasteiger partial charge in [0.25, 0.3) is 0 Å². The molecule has 1 saturated carbocycles. The van der Waals surface area contributed by atoms with E-state index >= 15 is 0 Å². The first-order chi connectivity index (χ1) is 12.8. The van der Waals surface area contributed by atoms with Gasteiger partial charge in [0.15, 0.2) is 0 Å². The van der Waals surface area contributed by atoms with Crippen molar-refractivity contribution in [3.63, 3.8) is 0 Å². The summed E-state index contributed by atoms with van der Waals surface area (Å²) in [5.74, 6) is 0.759. The van der Waals surface area contributed by atoms with Gasteiger partial charge in [-0.2, -0.15) is 0 Å². The van der Waals surface area contributed by atoms with Crippen LogP contribution in [0.4, 0.5) is 0 Å². The van der Waals surface area contributed by atoms with Gasteiger partial charge in [-0.3, -0.25) is 9.78 Å². The van der Waals surface area contributed by atoms with Crippen LogP contribution in [0.3, 0.4) is 0 Å². The zero-order valence-electron chi connectivity index (χ0n) is 16.0. The first-order valence-electron chi connectivity index (χ1n) is 10.3. The quantitative estimate of drug-likeness (QED) is 0.693. The van der Waals surface area contributed by atoms with Gasteiger partial charge in [-0.1, -0.05) is 31.4 Å². The molecule has 26 heavy (non-hydrogen) atoms. The number of carbonyl (C=O) groups excluding carboxylic acids is 1. The van der Waals surface area contributed by atoms with Crippen molar-refractivity contribution in [3.05, 3.63) is 42.7 Å². The standard InChI is InChI=1S/C22H33N3O/c1-2-8-22(26)25(16-19-9-6-13-23-15-19)18-20-10-7-14-24(17-20)21-11-4-3-5-12-21/h2,6,9,13,15,20-21H,1,3-5,7-8,10-12,14,16-18H2/t20-/m0/s1. The van der Waals surface area contributed by atoms with E-state index in [4.69, 9.17) is 0 Å². The lowest BCUT2D eigenvalue weighted by Gasteiger charge is -2.41. The Hall–Kier alpha value is -1.68. The fraction of sp³-hybridized carbons (Fsp3) is 0.636. The lowest BCUT2D eigenvalue weighted by molar-refractivity contribution is -0.131. The molecule has 0 radical (unpaired) electrons. The highest BCUT2D eigenvalue weighted by Crippen LogP contribution is 2.27. The topological polar surface area (TPSA) is 36.4 Å². The minimum Gasteiger partial charge on any atom is -0.338 e. The fourth-order valence-corrected chi connectivity index (χ4v) is 4.55. The monoisotopic (exact) mass is 355 g/mol. The Morgan fingerprint density at radius 1 is 1.27 bits per heavy atom. The molecule has 1 saturated heterocycles. The molecule has 0 bridgehead atoms. The number of likely N-dealkylation sites (tertiary alicyclic amines) is 1. The summed E-state index contributed by atoms with van der Waals surface area (Å²) in [7, 11) is 0. The van der Waals surface area contributed by atoms with E-state index in [0.29, 0.717) is 18.9 Å². The molecule has 3 rings (SSSR count). The maximum atomic E-state index is 12.6. The van der Waals surface area contributed by atoms with Crippen LogP contribution in [0.1, 0.15) is 56.9 Å². The molecule has 142 valence electrons. The molecule has 0 unspecified atom stereocenters. The van der Waals surface area contributed by atoms with Crippen LogP contribution in [0.5, 0.6) is 0 Å². The second kappa shape index (κ2) is 9.86. The Balaban J connectivity index is 1.61. The summed E-state index contributed by atoms with van der Waals surface area (Å²) < 4.78 is 0. The van der Waals surface area contributed by atoms with E-state index in [2.05, 4.69) is 22.5 Å². The second-order valence-corrected chi connectivity index (χ2v) is 7.92. The van der Waals surface area contributed by atoms with Gasteiger partial charge in [0.05, 0.1) is 0 Å². The van der Waals surface area contributed by atoms with E-state index in [-0.39, 0.29) is 5.91 Å². The zero-order valence-corrected chi connectivity index (χ0v) is 16.0. The number of piperidine rings is 1. The van der Waals surface area contributed by atoms with Gasteiger partial charge in [-0.15, -0.1) is 6.58 Å². The van der Waals surface area contributed by atoms with Crippen molar-refractivity contribution in [1.29, 1.82) is 0 Å². The Morgan fingerprint density at radius 3 is 2.85 bits per heavy atom. The van der Waals surface area contributed by atoms with Crippen molar-refractivity contribution in [2.75, 3.05) is 19.6 Å². The van der Waals surface area contributed by atoms with Crippen LogP contribution in [-0.2, 0) is 11.3 Å². The van der Waals surface area contributed by atoms with Gasteiger partial charge in [0.1, 0.15) is 0 Å². The summed E-state index contributed by atoms with van der Waals surface area (Å²) in [6, 6.07) is 4.77. The van der Waals surface area contributed by atoms with E-state index in [1.807, 2.05) is 17.2 Å². The largest absolute Gasteiger partial charge is 0.338 e. The highest BCUT2D eigenvalue weighted by molar-refractivity contribution is 5.77. The highest BCUT2D eigenvalue weighted by Gasteiger charge is 2.28. The van der Waals surface area contributed by atoms with E-state index < -0.39 is 0 Å². The van der Waals surface area contributed by atoms with Crippen LogP contribution >= 0.6 is 0 Å². The van der Waals surface area contributed by atoms with Crippen molar-refractivity contribution in [3.8, 4) is 0 Å². The number of rotatable bonds is 7. The molecule has 2 fully saturated rings. The molecule has 0 N–H and O–H groups in total. The molecule has 2 heterocycles. The van der Waals surface area contributed by atoms with Gasteiger partial charge < -0.3 is 9.80 Å². The summed E-state index contributed by atoms with van der Waals surface area (Å²) in [4.78, 5) is 21.6. The number of aromatic nitrogens is 1. The van der Waals surface area contributed by atoms with E-state index in [1.54, 1.807) is 12.3 Å². The normalized spacial score (nSPS) is 22.1. The summed E-state index contributed by atoms with van der Waals surface area (Å²) in [6.07, 6.45) is 15.2. The maximum Gasteiger partial charge on any atom is 0.226 e. The maximum absolute atomic E-state index is 12.6. The number of amides is 1. The molecule has 2 aliphatic rings. The third-order valence-corrected chi connectivity index (χ3v) is 5.89. The van der Waals surface area contributed by atoms with E-state index in [9.17, 15) is 4.79 Å². The SMILES string of the molecule is C=CCC(=O)N(Cc1cccnc1)C[C@H]1CCCN(C2CCCCC2)C1. The summed E-state index contributed by atoms with van der Waals surface area (Å²) in [6.45, 7) is 7.64. The number of pyridine rings is 1. The first kappa shape index (κ1) is 19.1. The third kappa shape index (κ3) is 5.41. The van der Waals surface area contributed by atoms with Crippen molar-refractivity contribution < 1.29 is 4.79 Å². The predicted molar refractivity (Wildman–Crippen MR) is 106 cm³/mol. The molecule has 1 amide bonds. The van der Waals surface area contributed by atoms with E-state index in [1.165, 1.54) is 51.5 Å². The third-order valence-electron chi connectivity index (χ3n) is 5.89. The number of nitrogens with zero attached hydrogens (tertiary/aromatic N) is 3. The molecule has 0 aromatic carbocycles. The highest BCUT2D eigenvalue weighted by atomic mass is 16.2. The average Bonchev–Trinajstić information content (AvgIpc) is 2.69. The molecule has 1 aliphatic carbocycles. The Labute approximate surface area is 158 Å². The second-order valence-electron chi connectivity index (χ2n) is 7.92. The van der Waals surface area contributed by atoms with Crippen molar-refractivity contribution in [1.82, 2.24) is 14.8 Å². The predicted octanol–water partition coefficient (Wildman–Crippen LogP) is 4.03. The molecule has 0 spiro atoms. The lowest BCUT2D eigenvalue weighted by atomic mass is 9.90. The molecule has 1 atom stereocenters. The first-order valence-corrected chi connectivity index (χ1v) is 10.3. The number of hydrogen-bond acceptors (Lipinski definition) is 3. The molecular formula is C22H33N3O. The zero-order chi connectivity index (χ0) is 18.2. The van der Waals surface area contributed by atoms with Crippen LogP contribution in [0.2, 0.25) is 0 Å². The van der Waals surface area contributed by atoms with Crippen LogP contribution in [-0.4, -0.2) is 46.4 Å². The summed E-state index contributed by atoms with van der Waals surface area (Å²) >= 11 is 0. The smallest absolute Gasteiger partial charge is 0.226 e. The minimum atomic E-state index is 0.179. The Morgan fingerprint density at radius 2 is 2.12 bits per heavy atom. The van der Waals surface area contributed by atoms with Crippen LogP contribution in [0.15, 0.2) is 37.2 Å². The van der Waals surface area contributed by atoms with Gasteiger partial charge >= 0.3 is 0 Å². The number of carbonyl (C=O) groups is 1. The summed E-state index contributed by atoms with van der Waals surface area (Å²) in [5.41, 5.74) is 1.10. The molecule has 1 aromatic rings. The Kier molecular flexibility index (Phi) is 7.24. The van der Waals surface area contributed by atoms with Gasteiger partial charge in [0, 0.05) is 44.5 Å². The van der Waals surface area contributed by atoms with Crippen molar-refractivity contribution in [2.45, 2.75) is 64.0 Å². The van der Waals surface area contributed by atoms with Crippen molar-refractivity contribution in [2.24, 2.45) is 5.92 Å². The van der Waals surface area contributed by atoms with Crippen LogP contribution < -0.4 is 0 Å². The lowest BCUT2D eigenvalue weighted by Crippen LogP contribution is -2.47. The number of hydrogen-bond donors (Lipinski definition) is 0. The van der Waals surface area contributed by atoms with Crippen LogP contribution in [0.25, 0.3) is 0 Å². The average molecular weight is 356 g/mol. The van der Waals surface area contributed by atoms with Gasteiger partial charge in [-0.05, 0) is 49.8 Å². The molecule has 4 heteroatoms. The van der Waals surface area contributed by atoms with Crippen LogP contribution in [0, 0.1) is 5.92 Å². The van der Waals surface area contributed by atoms with Gasteiger partial charge in [-0.25, -0.2) is 0 Å². The summed E-state index contributed by atoms with van der Waals surface area (Å²) in [5, 5.41) is 0. The van der Waals surface area contributed by atoms with Crippen molar-refractivity contribution >= 4 is 5.91 Å². The molecule has 4 nitrogen and oxygen atoms in total. The Bertz CT molecular complexity index is 568. The molecule has 1 aromatic heterocycles. The molecule has 1 aliphatic heterocycles.